The first-order valence-corrected chi connectivity index (χ1v) is 9.24. The van der Waals surface area contributed by atoms with Crippen molar-refractivity contribution in [1.29, 1.82) is 0 Å². The van der Waals surface area contributed by atoms with E-state index in [-0.39, 0.29) is 0 Å². The van der Waals surface area contributed by atoms with Crippen LogP contribution in [0.5, 0.6) is 0 Å². The molecule has 3 rings (SSSR count). The second kappa shape index (κ2) is 6.76. The zero-order valence-corrected chi connectivity index (χ0v) is 14.6. The van der Waals surface area contributed by atoms with E-state index in [0.29, 0.717) is 29.7 Å². The standard InChI is InChI=1S/C18H35N3O/c1-18(2,11-22-3)13-5-6-15-16(10-13)21-17(20-15)7-4-12-8-14(19)9-12/h12-17,20-21H,4-11,19H2,1-3H3. The average Bonchev–Trinajstić information content (AvgIpc) is 2.84. The van der Waals surface area contributed by atoms with Crippen molar-refractivity contribution in [1.82, 2.24) is 10.6 Å². The first-order valence-electron chi connectivity index (χ1n) is 9.24. The fourth-order valence-electron chi connectivity index (χ4n) is 4.91. The molecule has 128 valence electrons. The Balaban J connectivity index is 1.45. The highest BCUT2D eigenvalue weighted by molar-refractivity contribution is 5.00. The molecule has 0 aromatic carbocycles. The summed E-state index contributed by atoms with van der Waals surface area (Å²) in [5, 5.41) is 7.71. The highest BCUT2D eigenvalue weighted by Crippen LogP contribution is 2.40. The molecule has 0 amide bonds. The van der Waals surface area contributed by atoms with Gasteiger partial charge in [0.2, 0.25) is 0 Å². The van der Waals surface area contributed by atoms with Crippen molar-refractivity contribution in [2.24, 2.45) is 23.0 Å². The third-order valence-electron chi connectivity index (χ3n) is 6.44. The maximum atomic E-state index is 5.89. The van der Waals surface area contributed by atoms with Crippen molar-refractivity contribution >= 4 is 0 Å². The Hall–Kier alpha value is -0.160. The number of hydrogen-bond donors (Lipinski definition) is 3. The zero-order chi connectivity index (χ0) is 15.7. The summed E-state index contributed by atoms with van der Waals surface area (Å²) in [7, 11) is 1.82. The molecule has 0 bridgehead atoms. The molecule has 1 heterocycles. The highest BCUT2D eigenvalue weighted by Gasteiger charge is 2.42. The third kappa shape index (κ3) is 3.66. The van der Waals surface area contributed by atoms with Gasteiger partial charge < -0.3 is 10.5 Å². The Kier molecular flexibility index (Phi) is 5.13. The van der Waals surface area contributed by atoms with Gasteiger partial charge in [0, 0.05) is 25.2 Å². The average molecular weight is 309 g/mol. The third-order valence-corrected chi connectivity index (χ3v) is 6.44. The van der Waals surface area contributed by atoms with Crippen LogP contribution in [0, 0.1) is 17.3 Å². The molecule has 4 heteroatoms. The SMILES string of the molecule is COCC(C)(C)C1CCC2NC(CCC3CC(N)C3)NC2C1. The van der Waals surface area contributed by atoms with Crippen LogP contribution in [-0.4, -0.2) is 38.0 Å². The number of ether oxygens (including phenoxy) is 1. The molecule has 2 saturated carbocycles. The van der Waals surface area contributed by atoms with E-state index >= 15 is 0 Å². The summed E-state index contributed by atoms with van der Waals surface area (Å²) < 4.78 is 5.44. The molecule has 0 aromatic rings. The van der Waals surface area contributed by atoms with Crippen LogP contribution in [0.4, 0.5) is 0 Å². The van der Waals surface area contributed by atoms with E-state index in [1.54, 1.807) is 0 Å². The molecule has 4 N–H and O–H groups in total. The first kappa shape index (κ1) is 16.7. The van der Waals surface area contributed by atoms with Gasteiger partial charge in [-0.05, 0) is 62.2 Å². The molecule has 22 heavy (non-hydrogen) atoms. The summed E-state index contributed by atoms with van der Waals surface area (Å²) >= 11 is 0. The minimum Gasteiger partial charge on any atom is -0.384 e. The molecular formula is C18H35N3O. The fourth-order valence-corrected chi connectivity index (χ4v) is 4.91. The summed E-state index contributed by atoms with van der Waals surface area (Å²) in [4.78, 5) is 0. The Bertz CT molecular complexity index is 367. The van der Waals surface area contributed by atoms with Gasteiger partial charge in [-0.2, -0.15) is 0 Å². The van der Waals surface area contributed by atoms with Gasteiger partial charge in [-0.3, -0.25) is 10.6 Å². The second-order valence-electron chi connectivity index (χ2n) is 8.71. The lowest BCUT2D eigenvalue weighted by molar-refractivity contribution is 0.0364. The number of nitrogens with one attached hydrogen (secondary N) is 2. The van der Waals surface area contributed by atoms with Crippen LogP contribution in [0.15, 0.2) is 0 Å². The number of methoxy groups -OCH3 is 1. The molecule has 0 spiro atoms. The zero-order valence-electron chi connectivity index (χ0n) is 14.6. The molecule has 0 radical (unpaired) electrons. The maximum Gasteiger partial charge on any atom is 0.0577 e. The number of hydrogen-bond acceptors (Lipinski definition) is 4. The minimum absolute atomic E-state index is 0.293. The molecule has 0 aromatic heterocycles. The fraction of sp³-hybridized carbons (Fsp3) is 1.00. The van der Waals surface area contributed by atoms with E-state index in [0.717, 1.165) is 18.4 Å². The number of fused-ring (bicyclic) bond motifs is 1. The summed E-state index contributed by atoms with van der Waals surface area (Å²) in [5.41, 5.74) is 6.18. The van der Waals surface area contributed by atoms with Gasteiger partial charge in [-0.15, -0.1) is 0 Å². The molecule has 2 aliphatic carbocycles. The lowest BCUT2D eigenvalue weighted by Gasteiger charge is -2.40. The second-order valence-corrected chi connectivity index (χ2v) is 8.71. The molecular weight excluding hydrogens is 274 g/mol. The van der Waals surface area contributed by atoms with Crippen LogP contribution in [0.25, 0.3) is 0 Å². The minimum atomic E-state index is 0.293. The van der Waals surface area contributed by atoms with Crippen molar-refractivity contribution in [3.8, 4) is 0 Å². The van der Waals surface area contributed by atoms with E-state index in [1.165, 1.54) is 44.9 Å². The Labute approximate surface area is 135 Å². The van der Waals surface area contributed by atoms with Gasteiger partial charge in [-0.25, -0.2) is 0 Å². The highest BCUT2D eigenvalue weighted by atomic mass is 16.5. The molecule has 3 aliphatic rings. The smallest absolute Gasteiger partial charge is 0.0577 e. The van der Waals surface area contributed by atoms with E-state index < -0.39 is 0 Å². The van der Waals surface area contributed by atoms with Gasteiger partial charge >= 0.3 is 0 Å². The molecule has 1 saturated heterocycles. The van der Waals surface area contributed by atoms with Crippen LogP contribution in [0.2, 0.25) is 0 Å². The van der Waals surface area contributed by atoms with E-state index in [9.17, 15) is 0 Å². The van der Waals surface area contributed by atoms with Crippen molar-refractivity contribution in [2.75, 3.05) is 13.7 Å². The van der Waals surface area contributed by atoms with Gasteiger partial charge in [0.15, 0.2) is 0 Å². The van der Waals surface area contributed by atoms with Gasteiger partial charge in [0.25, 0.3) is 0 Å². The Morgan fingerprint density at radius 1 is 1.05 bits per heavy atom. The predicted molar refractivity (Wildman–Crippen MR) is 90.6 cm³/mol. The molecule has 1 aliphatic heterocycles. The Morgan fingerprint density at radius 3 is 2.45 bits per heavy atom. The molecule has 4 unspecified atom stereocenters. The monoisotopic (exact) mass is 309 g/mol. The van der Waals surface area contributed by atoms with Crippen molar-refractivity contribution in [3.63, 3.8) is 0 Å². The summed E-state index contributed by atoms with van der Waals surface area (Å²) in [5.74, 6) is 1.65. The van der Waals surface area contributed by atoms with Crippen molar-refractivity contribution in [2.45, 2.75) is 83.1 Å². The predicted octanol–water partition coefficient (Wildman–Crippen LogP) is 2.23. The quantitative estimate of drug-likeness (QED) is 0.704. The molecule has 3 fully saturated rings. The summed E-state index contributed by atoms with van der Waals surface area (Å²) in [6, 6.07) is 1.83. The largest absolute Gasteiger partial charge is 0.384 e. The normalized spacial score (nSPS) is 42.0. The number of rotatable bonds is 6. The first-order chi connectivity index (χ1) is 10.5. The van der Waals surface area contributed by atoms with Crippen molar-refractivity contribution in [3.05, 3.63) is 0 Å². The van der Waals surface area contributed by atoms with Crippen LogP contribution in [-0.2, 0) is 4.74 Å². The van der Waals surface area contributed by atoms with E-state index in [4.69, 9.17) is 10.5 Å². The lowest BCUT2D eigenvalue weighted by Crippen LogP contribution is -2.44. The van der Waals surface area contributed by atoms with E-state index in [1.807, 2.05) is 7.11 Å². The van der Waals surface area contributed by atoms with Crippen LogP contribution < -0.4 is 16.4 Å². The van der Waals surface area contributed by atoms with Gasteiger partial charge in [0.05, 0.1) is 12.8 Å². The number of nitrogens with two attached hydrogens (primary N) is 1. The topological polar surface area (TPSA) is 59.3 Å². The van der Waals surface area contributed by atoms with Crippen LogP contribution in [0.1, 0.15) is 58.8 Å². The Morgan fingerprint density at radius 2 is 1.77 bits per heavy atom. The molecule has 4 nitrogen and oxygen atoms in total. The summed E-state index contributed by atoms with van der Waals surface area (Å²) in [6.45, 7) is 5.59. The van der Waals surface area contributed by atoms with Crippen LogP contribution in [0.3, 0.4) is 0 Å². The van der Waals surface area contributed by atoms with Gasteiger partial charge in [0.1, 0.15) is 0 Å². The maximum absolute atomic E-state index is 5.89. The van der Waals surface area contributed by atoms with Gasteiger partial charge in [-0.1, -0.05) is 13.8 Å². The van der Waals surface area contributed by atoms with Crippen molar-refractivity contribution < 1.29 is 4.74 Å². The van der Waals surface area contributed by atoms with Crippen LogP contribution >= 0.6 is 0 Å². The summed E-state index contributed by atoms with van der Waals surface area (Å²) in [6.07, 6.45) is 9.53. The lowest BCUT2D eigenvalue weighted by atomic mass is 9.69. The molecule has 4 atom stereocenters. The van der Waals surface area contributed by atoms with E-state index in [2.05, 4.69) is 24.5 Å².